The Labute approximate surface area is 119 Å². The fraction of sp³-hybridized carbons (Fsp3) is 0.250. The van der Waals surface area contributed by atoms with Crippen molar-refractivity contribution < 1.29 is 5.21 Å². The van der Waals surface area contributed by atoms with Crippen molar-refractivity contribution in [2.24, 2.45) is 5.16 Å². The van der Waals surface area contributed by atoms with Gasteiger partial charge < -0.3 is 5.21 Å². The summed E-state index contributed by atoms with van der Waals surface area (Å²) in [6, 6.07) is 5.18. The lowest BCUT2D eigenvalue weighted by Crippen LogP contribution is -2.11. The third kappa shape index (κ3) is 2.19. The van der Waals surface area contributed by atoms with Gasteiger partial charge in [-0.25, -0.2) is 0 Å². The van der Waals surface area contributed by atoms with Crippen molar-refractivity contribution >= 4 is 28.9 Å². The molecular formula is C12H10Cl2N4O. The minimum atomic E-state index is 0.450. The van der Waals surface area contributed by atoms with E-state index in [2.05, 4.69) is 15.4 Å². The predicted molar refractivity (Wildman–Crippen MR) is 72.6 cm³/mol. The number of aryl methyl sites for hydroxylation is 1. The molecule has 1 aromatic heterocycles. The second-order valence-electron chi connectivity index (χ2n) is 4.28. The number of aromatic nitrogens is 3. The van der Waals surface area contributed by atoms with Crippen LogP contribution in [0.15, 0.2) is 23.4 Å². The van der Waals surface area contributed by atoms with Gasteiger partial charge in [0.1, 0.15) is 11.4 Å². The van der Waals surface area contributed by atoms with Crippen LogP contribution in [0.4, 0.5) is 0 Å². The summed E-state index contributed by atoms with van der Waals surface area (Å²) in [5.41, 5.74) is 2.79. The molecule has 3 rings (SSSR count). The molecule has 0 amide bonds. The van der Waals surface area contributed by atoms with Gasteiger partial charge in [0.05, 0.1) is 21.4 Å². The first kappa shape index (κ1) is 12.4. The third-order valence-electron chi connectivity index (χ3n) is 3.04. The first-order chi connectivity index (χ1) is 9.19. The molecule has 1 heterocycles. The van der Waals surface area contributed by atoms with Crippen molar-refractivity contribution in [3.05, 3.63) is 39.6 Å². The summed E-state index contributed by atoms with van der Waals surface area (Å²) in [6.07, 6.45) is 2.45. The maximum atomic E-state index is 8.97. The zero-order valence-electron chi connectivity index (χ0n) is 9.85. The van der Waals surface area contributed by atoms with Crippen molar-refractivity contribution in [1.29, 1.82) is 0 Å². The molecule has 0 fully saturated rings. The Bertz CT molecular complexity index is 666. The highest BCUT2D eigenvalue weighted by molar-refractivity contribution is 6.42. The maximum Gasteiger partial charge on any atom is 0.134 e. The molecular weight excluding hydrogens is 287 g/mol. The van der Waals surface area contributed by atoms with E-state index in [9.17, 15) is 0 Å². The van der Waals surface area contributed by atoms with Crippen LogP contribution in [0.5, 0.6) is 0 Å². The Morgan fingerprint density at radius 1 is 1.16 bits per heavy atom. The Hall–Kier alpha value is -1.59. The quantitative estimate of drug-likeness (QED) is 0.650. The zero-order valence-corrected chi connectivity index (χ0v) is 11.4. The summed E-state index contributed by atoms with van der Waals surface area (Å²) < 4.78 is 0. The summed E-state index contributed by atoms with van der Waals surface area (Å²) in [6.45, 7) is 0. The summed E-state index contributed by atoms with van der Waals surface area (Å²) in [4.78, 5) is 1.49. The van der Waals surface area contributed by atoms with Crippen LogP contribution >= 0.6 is 23.2 Å². The van der Waals surface area contributed by atoms with Crippen LogP contribution in [-0.4, -0.2) is 25.9 Å². The van der Waals surface area contributed by atoms with E-state index in [4.69, 9.17) is 28.4 Å². The van der Waals surface area contributed by atoms with Gasteiger partial charge in [-0.15, -0.1) is 5.10 Å². The van der Waals surface area contributed by atoms with Crippen LogP contribution in [0, 0.1) is 0 Å². The second-order valence-corrected chi connectivity index (χ2v) is 5.10. The van der Waals surface area contributed by atoms with Gasteiger partial charge in [-0.3, -0.25) is 0 Å². The molecule has 0 unspecified atom stereocenters. The van der Waals surface area contributed by atoms with E-state index in [1.54, 1.807) is 18.2 Å². The molecule has 0 radical (unpaired) electrons. The molecule has 0 spiro atoms. The van der Waals surface area contributed by atoms with E-state index in [0.29, 0.717) is 27.9 Å². The molecule has 1 N–H and O–H groups in total. The highest BCUT2D eigenvalue weighted by Crippen LogP contribution is 2.25. The van der Waals surface area contributed by atoms with E-state index in [-0.39, 0.29) is 0 Å². The molecule has 5 nitrogen and oxygen atoms in total. The monoisotopic (exact) mass is 296 g/mol. The largest absolute Gasteiger partial charge is 0.411 e. The predicted octanol–water partition coefficient (Wildman–Crippen LogP) is 3.09. The van der Waals surface area contributed by atoms with Crippen LogP contribution < -0.4 is 0 Å². The Morgan fingerprint density at radius 3 is 2.74 bits per heavy atom. The zero-order chi connectivity index (χ0) is 13.4. The lowest BCUT2D eigenvalue weighted by atomic mass is 9.99. The van der Waals surface area contributed by atoms with Crippen molar-refractivity contribution in [1.82, 2.24) is 15.0 Å². The van der Waals surface area contributed by atoms with Crippen LogP contribution in [0.3, 0.4) is 0 Å². The van der Waals surface area contributed by atoms with Gasteiger partial charge in [0.25, 0.3) is 0 Å². The number of oxime groups is 1. The molecule has 1 aliphatic rings. The van der Waals surface area contributed by atoms with Gasteiger partial charge in [0, 0.05) is 0 Å². The summed E-state index contributed by atoms with van der Waals surface area (Å²) in [5, 5.41) is 21.9. The van der Waals surface area contributed by atoms with Gasteiger partial charge in [0.2, 0.25) is 0 Å². The van der Waals surface area contributed by atoms with E-state index in [1.165, 1.54) is 4.80 Å². The molecule has 7 heteroatoms. The first-order valence-corrected chi connectivity index (χ1v) is 6.57. The van der Waals surface area contributed by atoms with Crippen molar-refractivity contribution in [2.45, 2.75) is 19.3 Å². The highest BCUT2D eigenvalue weighted by Gasteiger charge is 2.22. The third-order valence-corrected chi connectivity index (χ3v) is 3.78. The number of nitrogens with zero attached hydrogens (tertiary/aromatic N) is 4. The molecule has 19 heavy (non-hydrogen) atoms. The molecule has 1 aliphatic carbocycles. The van der Waals surface area contributed by atoms with Crippen molar-refractivity contribution in [3.8, 4) is 5.69 Å². The molecule has 0 bridgehead atoms. The lowest BCUT2D eigenvalue weighted by molar-refractivity contribution is 0.317. The smallest absolute Gasteiger partial charge is 0.134 e. The Balaban J connectivity index is 2.07. The highest BCUT2D eigenvalue weighted by atomic mass is 35.5. The normalized spacial score (nSPS) is 16.6. The summed E-state index contributed by atoms with van der Waals surface area (Å²) >= 11 is 11.9. The Morgan fingerprint density at radius 2 is 2.00 bits per heavy atom. The van der Waals surface area contributed by atoms with Crippen LogP contribution in [0.2, 0.25) is 10.0 Å². The number of hydrogen-bond donors (Lipinski definition) is 1. The number of hydrogen-bond acceptors (Lipinski definition) is 4. The number of benzene rings is 1. The summed E-state index contributed by atoms with van der Waals surface area (Å²) in [7, 11) is 0. The molecule has 0 saturated carbocycles. The number of rotatable bonds is 1. The topological polar surface area (TPSA) is 63.3 Å². The molecule has 98 valence electrons. The molecule has 0 saturated heterocycles. The van der Waals surface area contributed by atoms with E-state index in [1.807, 2.05) is 0 Å². The van der Waals surface area contributed by atoms with Gasteiger partial charge >= 0.3 is 0 Å². The van der Waals surface area contributed by atoms with Crippen molar-refractivity contribution in [2.75, 3.05) is 0 Å². The minimum absolute atomic E-state index is 0.450. The SMILES string of the molecule is O/N=C1/CCCc2nn(-c3ccc(Cl)c(Cl)c3)nc21. The molecule has 2 aromatic rings. The minimum Gasteiger partial charge on any atom is -0.411 e. The van der Waals surface area contributed by atoms with Crippen LogP contribution in [0.1, 0.15) is 24.2 Å². The summed E-state index contributed by atoms with van der Waals surface area (Å²) in [5.74, 6) is 0. The average Bonchev–Trinajstić information content (AvgIpc) is 2.85. The lowest BCUT2D eigenvalue weighted by Gasteiger charge is -2.07. The van der Waals surface area contributed by atoms with Gasteiger partial charge in [-0.1, -0.05) is 28.4 Å². The standard InChI is InChI=1S/C12H10Cl2N4O/c13-8-5-4-7(6-9(8)14)18-15-10-2-1-3-11(17-19)12(10)16-18/h4-6,19H,1-3H2/b17-11-. The van der Waals surface area contributed by atoms with E-state index >= 15 is 0 Å². The molecule has 0 atom stereocenters. The fourth-order valence-corrected chi connectivity index (χ4v) is 2.39. The second kappa shape index (κ2) is 4.83. The van der Waals surface area contributed by atoms with Crippen molar-refractivity contribution in [3.63, 3.8) is 0 Å². The van der Waals surface area contributed by atoms with E-state index in [0.717, 1.165) is 24.2 Å². The van der Waals surface area contributed by atoms with Crippen LogP contribution in [-0.2, 0) is 6.42 Å². The molecule has 1 aromatic carbocycles. The number of halogens is 2. The average molecular weight is 297 g/mol. The van der Waals surface area contributed by atoms with Gasteiger partial charge in [-0.05, 0) is 37.5 Å². The Kier molecular flexibility index (Phi) is 3.16. The number of fused-ring (bicyclic) bond motifs is 1. The van der Waals surface area contributed by atoms with Gasteiger partial charge in [0.15, 0.2) is 0 Å². The van der Waals surface area contributed by atoms with Gasteiger partial charge in [-0.2, -0.15) is 9.90 Å². The first-order valence-electron chi connectivity index (χ1n) is 5.82. The molecule has 0 aliphatic heterocycles. The fourth-order valence-electron chi connectivity index (χ4n) is 2.09. The van der Waals surface area contributed by atoms with Crippen LogP contribution in [0.25, 0.3) is 5.69 Å². The van der Waals surface area contributed by atoms with E-state index < -0.39 is 0 Å². The maximum absolute atomic E-state index is 8.97.